The summed E-state index contributed by atoms with van der Waals surface area (Å²) in [6.07, 6.45) is 6.94. The van der Waals surface area contributed by atoms with E-state index in [-0.39, 0.29) is 11.9 Å². The van der Waals surface area contributed by atoms with Crippen LogP contribution >= 0.6 is 11.8 Å². The van der Waals surface area contributed by atoms with E-state index < -0.39 is 0 Å². The van der Waals surface area contributed by atoms with Crippen molar-refractivity contribution in [2.45, 2.75) is 49.9 Å². The van der Waals surface area contributed by atoms with Gasteiger partial charge in [-0.2, -0.15) is 11.8 Å². The Morgan fingerprint density at radius 3 is 2.71 bits per heavy atom. The SMILES string of the molecule is CSC1CCCCC1NC(=O)C(C)N. The fourth-order valence-electron chi connectivity index (χ4n) is 1.86. The zero-order chi connectivity index (χ0) is 10.6. The largest absolute Gasteiger partial charge is 0.351 e. The van der Waals surface area contributed by atoms with Gasteiger partial charge in [-0.3, -0.25) is 4.79 Å². The molecule has 1 amide bonds. The smallest absolute Gasteiger partial charge is 0.236 e. The lowest BCUT2D eigenvalue weighted by molar-refractivity contribution is -0.122. The molecule has 0 saturated heterocycles. The molecule has 3 atom stereocenters. The number of carbonyl (C=O) groups excluding carboxylic acids is 1. The molecule has 3 nitrogen and oxygen atoms in total. The second kappa shape index (κ2) is 5.61. The molecule has 1 aliphatic rings. The summed E-state index contributed by atoms with van der Waals surface area (Å²) in [4.78, 5) is 11.4. The van der Waals surface area contributed by atoms with Gasteiger partial charge in [-0.15, -0.1) is 0 Å². The Bertz CT molecular complexity index is 197. The molecule has 0 spiro atoms. The number of amides is 1. The summed E-state index contributed by atoms with van der Waals surface area (Å²) in [5.41, 5.74) is 5.52. The van der Waals surface area contributed by atoms with Crippen LogP contribution in [0.3, 0.4) is 0 Å². The minimum absolute atomic E-state index is 0.0176. The van der Waals surface area contributed by atoms with E-state index in [1.54, 1.807) is 6.92 Å². The summed E-state index contributed by atoms with van der Waals surface area (Å²) in [7, 11) is 0. The Balaban J connectivity index is 2.44. The molecule has 1 fully saturated rings. The van der Waals surface area contributed by atoms with Crippen LogP contribution in [0.5, 0.6) is 0 Å². The van der Waals surface area contributed by atoms with E-state index in [4.69, 9.17) is 5.73 Å². The molecular formula is C10H20N2OS. The van der Waals surface area contributed by atoms with Gasteiger partial charge in [-0.1, -0.05) is 12.8 Å². The number of thioether (sulfide) groups is 1. The lowest BCUT2D eigenvalue weighted by Crippen LogP contribution is -2.49. The number of nitrogens with one attached hydrogen (secondary N) is 1. The van der Waals surface area contributed by atoms with Crippen LogP contribution in [0.2, 0.25) is 0 Å². The third-order valence-corrected chi connectivity index (χ3v) is 3.92. The predicted octanol–water partition coefficient (Wildman–Crippen LogP) is 1.12. The second-order valence-electron chi connectivity index (χ2n) is 3.96. The van der Waals surface area contributed by atoms with E-state index in [1.165, 1.54) is 19.3 Å². The zero-order valence-corrected chi connectivity index (χ0v) is 9.77. The second-order valence-corrected chi connectivity index (χ2v) is 5.04. The first kappa shape index (κ1) is 11.9. The van der Waals surface area contributed by atoms with E-state index >= 15 is 0 Å². The first-order valence-electron chi connectivity index (χ1n) is 5.24. The summed E-state index contributed by atoms with van der Waals surface area (Å²) in [5, 5.41) is 3.61. The average molecular weight is 216 g/mol. The summed E-state index contributed by atoms with van der Waals surface area (Å²) in [6.45, 7) is 1.73. The van der Waals surface area contributed by atoms with Crippen molar-refractivity contribution in [1.29, 1.82) is 0 Å². The molecule has 0 heterocycles. The Hall–Kier alpha value is -0.220. The van der Waals surface area contributed by atoms with Gasteiger partial charge in [-0.05, 0) is 26.0 Å². The van der Waals surface area contributed by atoms with Crippen LogP contribution < -0.4 is 11.1 Å². The van der Waals surface area contributed by atoms with E-state index in [1.807, 2.05) is 11.8 Å². The molecule has 4 heteroatoms. The van der Waals surface area contributed by atoms with Gasteiger partial charge in [0.15, 0.2) is 0 Å². The fourth-order valence-corrected chi connectivity index (χ4v) is 2.79. The Kier molecular flexibility index (Phi) is 4.75. The van der Waals surface area contributed by atoms with Crippen LogP contribution in [-0.2, 0) is 4.79 Å². The number of carbonyl (C=O) groups is 1. The van der Waals surface area contributed by atoms with E-state index in [2.05, 4.69) is 11.6 Å². The molecule has 0 radical (unpaired) electrons. The molecule has 0 aromatic rings. The highest BCUT2D eigenvalue weighted by Gasteiger charge is 2.26. The van der Waals surface area contributed by atoms with Gasteiger partial charge in [0.05, 0.1) is 6.04 Å². The van der Waals surface area contributed by atoms with Gasteiger partial charge < -0.3 is 11.1 Å². The van der Waals surface area contributed by atoms with Gasteiger partial charge in [0, 0.05) is 11.3 Å². The molecule has 0 aliphatic heterocycles. The van der Waals surface area contributed by atoms with Crippen molar-refractivity contribution < 1.29 is 4.79 Å². The summed E-state index contributed by atoms with van der Waals surface area (Å²) in [6, 6.07) is -0.0586. The summed E-state index contributed by atoms with van der Waals surface area (Å²) >= 11 is 1.85. The first-order chi connectivity index (χ1) is 6.65. The topological polar surface area (TPSA) is 55.1 Å². The molecular weight excluding hydrogens is 196 g/mol. The van der Waals surface area contributed by atoms with Gasteiger partial charge in [0.1, 0.15) is 0 Å². The molecule has 1 saturated carbocycles. The molecule has 3 N–H and O–H groups in total. The van der Waals surface area contributed by atoms with Crippen molar-refractivity contribution in [3.8, 4) is 0 Å². The number of hydrogen-bond acceptors (Lipinski definition) is 3. The quantitative estimate of drug-likeness (QED) is 0.743. The normalized spacial score (nSPS) is 29.6. The third-order valence-electron chi connectivity index (χ3n) is 2.75. The summed E-state index contributed by atoms with van der Waals surface area (Å²) < 4.78 is 0. The molecule has 0 bridgehead atoms. The maximum atomic E-state index is 11.4. The fraction of sp³-hybridized carbons (Fsp3) is 0.900. The first-order valence-corrected chi connectivity index (χ1v) is 6.52. The molecule has 1 rings (SSSR count). The Morgan fingerprint density at radius 2 is 2.14 bits per heavy atom. The molecule has 14 heavy (non-hydrogen) atoms. The maximum Gasteiger partial charge on any atom is 0.236 e. The van der Waals surface area contributed by atoms with Crippen molar-refractivity contribution in [3.63, 3.8) is 0 Å². The predicted molar refractivity (Wildman–Crippen MR) is 61.4 cm³/mol. The van der Waals surface area contributed by atoms with E-state index in [9.17, 15) is 4.79 Å². The van der Waals surface area contributed by atoms with Crippen LogP contribution in [-0.4, -0.2) is 29.5 Å². The number of nitrogens with two attached hydrogens (primary N) is 1. The Labute approximate surface area is 90.2 Å². The van der Waals surface area contributed by atoms with Crippen molar-refractivity contribution in [3.05, 3.63) is 0 Å². The van der Waals surface area contributed by atoms with Gasteiger partial charge >= 0.3 is 0 Å². The third kappa shape index (κ3) is 3.17. The highest BCUT2D eigenvalue weighted by molar-refractivity contribution is 7.99. The lowest BCUT2D eigenvalue weighted by Gasteiger charge is -2.31. The van der Waals surface area contributed by atoms with Crippen LogP contribution in [0.15, 0.2) is 0 Å². The maximum absolute atomic E-state index is 11.4. The lowest BCUT2D eigenvalue weighted by atomic mass is 9.94. The molecule has 1 aliphatic carbocycles. The van der Waals surface area contributed by atoms with Crippen LogP contribution in [0.4, 0.5) is 0 Å². The van der Waals surface area contributed by atoms with Crippen LogP contribution in [0.1, 0.15) is 32.6 Å². The number of rotatable bonds is 3. The van der Waals surface area contributed by atoms with Gasteiger partial charge in [-0.25, -0.2) is 0 Å². The average Bonchev–Trinajstić information content (AvgIpc) is 2.18. The van der Waals surface area contributed by atoms with E-state index in [0.29, 0.717) is 11.3 Å². The minimum Gasteiger partial charge on any atom is -0.351 e. The molecule has 0 aromatic heterocycles. The van der Waals surface area contributed by atoms with Crippen molar-refractivity contribution >= 4 is 17.7 Å². The zero-order valence-electron chi connectivity index (χ0n) is 8.95. The monoisotopic (exact) mass is 216 g/mol. The van der Waals surface area contributed by atoms with Crippen molar-refractivity contribution in [2.75, 3.05) is 6.26 Å². The standard InChI is InChI=1S/C10H20N2OS/c1-7(11)10(13)12-8-5-3-4-6-9(8)14-2/h7-9H,3-6,11H2,1-2H3,(H,12,13). The molecule has 0 aromatic carbocycles. The Morgan fingerprint density at radius 1 is 1.50 bits per heavy atom. The van der Waals surface area contributed by atoms with Crippen LogP contribution in [0.25, 0.3) is 0 Å². The summed E-state index contributed by atoms with van der Waals surface area (Å²) in [5.74, 6) is -0.0176. The number of hydrogen-bond donors (Lipinski definition) is 2. The van der Waals surface area contributed by atoms with E-state index in [0.717, 1.165) is 6.42 Å². The minimum atomic E-state index is -0.389. The highest BCUT2D eigenvalue weighted by atomic mass is 32.2. The van der Waals surface area contributed by atoms with Crippen LogP contribution in [0, 0.1) is 0 Å². The van der Waals surface area contributed by atoms with Gasteiger partial charge in [0.25, 0.3) is 0 Å². The highest BCUT2D eigenvalue weighted by Crippen LogP contribution is 2.27. The van der Waals surface area contributed by atoms with Gasteiger partial charge in [0.2, 0.25) is 5.91 Å². The molecule has 82 valence electrons. The van der Waals surface area contributed by atoms with Crippen molar-refractivity contribution in [2.24, 2.45) is 5.73 Å². The van der Waals surface area contributed by atoms with Crippen molar-refractivity contribution in [1.82, 2.24) is 5.32 Å². The molecule has 3 unspecified atom stereocenters.